The Morgan fingerprint density at radius 3 is 2.42 bits per heavy atom. The quantitative estimate of drug-likeness (QED) is 0.906. The molecule has 0 unspecified atom stereocenters. The van der Waals surface area contributed by atoms with Gasteiger partial charge in [-0.05, 0) is 52.7 Å². The fourth-order valence-electron chi connectivity index (χ4n) is 1.75. The summed E-state index contributed by atoms with van der Waals surface area (Å²) in [5, 5.41) is 2.88. The molecule has 98 valence electrons. The van der Waals surface area contributed by atoms with Crippen LogP contribution < -0.4 is 5.32 Å². The van der Waals surface area contributed by atoms with E-state index < -0.39 is 0 Å². The summed E-state index contributed by atoms with van der Waals surface area (Å²) < 4.78 is 13.6. The molecule has 2 rings (SSSR count). The van der Waals surface area contributed by atoms with Gasteiger partial charge in [-0.1, -0.05) is 24.3 Å². The highest BCUT2D eigenvalue weighted by atomic mass is 79.9. The van der Waals surface area contributed by atoms with Crippen molar-refractivity contribution in [2.45, 2.75) is 13.0 Å². The van der Waals surface area contributed by atoms with E-state index in [1.165, 1.54) is 12.1 Å². The van der Waals surface area contributed by atoms with Crippen molar-refractivity contribution in [3.63, 3.8) is 0 Å². The van der Waals surface area contributed by atoms with Crippen molar-refractivity contribution in [3.8, 4) is 0 Å². The number of rotatable bonds is 3. The second-order valence-corrected chi connectivity index (χ2v) is 5.08. The third-order valence-electron chi connectivity index (χ3n) is 2.84. The molecule has 2 aromatic carbocycles. The van der Waals surface area contributed by atoms with Gasteiger partial charge in [0.2, 0.25) is 0 Å². The lowest BCUT2D eigenvalue weighted by molar-refractivity contribution is 0.0939. The van der Waals surface area contributed by atoms with Gasteiger partial charge in [0.25, 0.3) is 5.91 Å². The molecule has 1 N–H and O–H groups in total. The first-order valence-electron chi connectivity index (χ1n) is 5.89. The zero-order chi connectivity index (χ0) is 13.8. The maximum Gasteiger partial charge on any atom is 0.252 e. The molecule has 0 aliphatic heterocycles. The Balaban J connectivity index is 2.11. The van der Waals surface area contributed by atoms with Gasteiger partial charge >= 0.3 is 0 Å². The number of hydrogen-bond acceptors (Lipinski definition) is 1. The molecule has 0 saturated heterocycles. The molecule has 1 atom stereocenters. The smallest absolute Gasteiger partial charge is 0.252 e. The average Bonchev–Trinajstić information content (AvgIpc) is 2.39. The zero-order valence-electron chi connectivity index (χ0n) is 10.4. The van der Waals surface area contributed by atoms with Crippen LogP contribution in [-0.4, -0.2) is 5.91 Å². The second-order valence-electron chi connectivity index (χ2n) is 4.23. The molecule has 0 aliphatic rings. The molecule has 0 aliphatic carbocycles. The maximum atomic E-state index is 12.8. The normalized spacial score (nSPS) is 11.9. The molecule has 0 saturated carbocycles. The first kappa shape index (κ1) is 13.7. The summed E-state index contributed by atoms with van der Waals surface area (Å²) in [5.41, 5.74) is 1.44. The summed E-state index contributed by atoms with van der Waals surface area (Å²) in [7, 11) is 0. The van der Waals surface area contributed by atoms with Gasteiger partial charge < -0.3 is 5.32 Å². The minimum Gasteiger partial charge on any atom is -0.345 e. The van der Waals surface area contributed by atoms with E-state index in [1.807, 2.05) is 25.1 Å². The predicted octanol–water partition coefficient (Wildman–Crippen LogP) is 4.08. The number of halogens is 2. The minimum absolute atomic E-state index is 0.163. The zero-order valence-corrected chi connectivity index (χ0v) is 11.9. The second kappa shape index (κ2) is 5.97. The predicted molar refractivity (Wildman–Crippen MR) is 76.4 cm³/mol. The fourth-order valence-corrected chi connectivity index (χ4v) is 2.22. The highest BCUT2D eigenvalue weighted by molar-refractivity contribution is 9.10. The molecule has 1 amide bonds. The SMILES string of the molecule is C[C@H](NC(=O)c1ccccc1Br)c1ccc(F)cc1. The Labute approximate surface area is 119 Å². The van der Waals surface area contributed by atoms with Crippen molar-refractivity contribution in [2.75, 3.05) is 0 Å². The van der Waals surface area contributed by atoms with Crippen molar-refractivity contribution in [1.29, 1.82) is 0 Å². The van der Waals surface area contributed by atoms with Crippen LogP contribution in [-0.2, 0) is 0 Å². The van der Waals surface area contributed by atoms with Gasteiger partial charge in [0.05, 0.1) is 11.6 Å². The summed E-state index contributed by atoms with van der Waals surface area (Å²) >= 11 is 3.34. The number of carbonyl (C=O) groups excluding carboxylic acids is 1. The van der Waals surface area contributed by atoms with E-state index in [0.717, 1.165) is 10.0 Å². The van der Waals surface area contributed by atoms with Crippen LogP contribution in [0.3, 0.4) is 0 Å². The first-order chi connectivity index (χ1) is 9.08. The molecule has 0 bridgehead atoms. The highest BCUT2D eigenvalue weighted by Gasteiger charge is 2.13. The van der Waals surface area contributed by atoms with Gasteiger partial charge in [0.15, 0.2) is 0 Å². The Morgan fingerprint density at radius 1 is 1.16 bits per heavy atom. The number of nitrogens with one attached hydrogen (secondary N) is 1. The lowest BCUT2D eigenvalue weighted by Gasteiger charge is -2.15. The molecule has 4 heteroatoms. The summed E-state index contributed by atoms with van der Waals surface area (Å²) in [4.78, 5) is 12.1. The average molecular weight is 322 g/mol. The molecule has 0 spiro atoms. The van der Waals surface area contributed by atoms with E-state index in [2.05, 4.69) is 21.2 Å². The molecule has 19 heavy (non-hydrogen) atoms. The van der Waals surface area contributed by atoms with Crippen molar-refractivity contribution in [1.82, 2.24) is 5.32 Å². The van der Waals surface area contributed by atoms with Crippen LogP contribution >= 0.6 is 15.9 Å². The van der Waals surface area contributed by atoms with Crippen LogP contribution in [0, 0.1) is 5.82 Å². The monoisotopic (exact) mass is 321 g/mol. The van der Waals surface area contributed by atoms with Crippen molar-refractivity contribution in [2.24, 2.45) is 0 Å². The Bertz CT molecular complexity index is 583. The Hall–Kier alpha value is -1.68. The van der Waals surface area contributed by atoms with Gasteiger partial charge in [0, 0.05) is 4.47 Å². The third kappa shape index (κ3) is 3.41. The Morgan fingerprint density at radius 2 is 1.79 bits per heavy atom. The van der Waals surface area contributed by atoms with Gasteiger partial charge in [-0.2, -0.15) is 0 Å². The topological polar surface area (TPSA) is 29.1 Å². The summed E-state index contributed by atoms with van der Waals surface area (Å²) in [6.45, 7) is 1.86. The lowest BCUT2D eigenvalue weighted by Crippen LogP contribution is -2.26. The molecule has 2 nitrogen and oxygen atoms in total. The number of amides is 1. The van der Waals surface area contributed by atoms with E-state index in [9.17, 15) is 9.18 Å². The van der Waals surface area contributed by atoms with Crippen LogP contribution in [0.25, 0.3) is 0 Å². The van der Waals surface area contributed by atoms with Gasteiger partial charge in [-0.15, -0.1) is 0 Å². The fraction of sp³-hybridized carbons (Fsp3) is 0.133. The van der Waals surface area contributed by atoms with E-state index in [4.69, 9.17) is 0 Å². The van der Waals surface area contributed by atoms with Crippen molar-refractivity contribution >= 4 is 21.8 Å². The molecular weight excluding hydrogens is 309 g/mol. The van der Waals surface area contributed by atoms with Crippen LogP contribution in [0.1, 0.15) is 28.9 Å². The number of carbonyl (C=O) groups is 1. The third-order valence-corrected chi connectivity index (χ3v) is 3.53. The van der Waals surface area contributed by atoms with Crippen LogP contribution in [0.15, 0.2) is 53.0 Å². The molecule has 2 aromatic rings. The maximum absolute atomic E-state index is 12.8. The van der Waals surface area contributed by atoms with Crippen LogP contribution in [0.5, 0.6) is 0 Å². The van der Waals surface area contributed by atoms with E-state index in [-0.39, 0.29) is 17.8 Å². The standard InChI is InChI=1S/C15H13BrFNO/c1-10(11-6-8-12(17)9-7-11)18-15(19)13-4-2-3-5-14(13)16/h2-10H,1H3,(H,18,19)/t10-/m0/s1. The van der Waals surface area contributed by atoms with Gasteiger partial charge in [-0.25, -0.2) is 4.39 Å². The lowest BCUT2D eigenvalue weighted by atomic mass is 10.1. The summed E-state index contributed by atoms with van der Waals surface area (Å²) in [5.74, 6) is -0.447. The van der Waals surface area contributed by atoms with E-state index in [0.29, 0.717) is 5.56 Å². The molecule has 0 aromatic heterocycles. The number of benzene rings is 2. The van der Waals surface area contributed by atoms with E-state index >= 15 is 0 Å². The molecule has 0 heterocycles. The van der Waals surface area contributed by atoms with Gasteiger partial charge in [-0.3, -0.25) is 4.79 Å². The Kier molecular flexibility index (Phi) is 4.32. The first-order valence-corrected chi connectivity index (χ1v) is 6.68. The van der Waals surface area contributed by atoms with Gasteiger partial charge in [0.1, 0.15) is 5.82 Å². The number of hydrogen-bond donors (Lipinski definition) is 1. The minimum atomic E-state index is -0.284. The summed E-state index contributed by atoms with van der Waals surface area (Å²) in [6, 6.07) is 13.1. The molecular formula is C15H13BrFNO. The molecule has 0 radical (unpaired) electrons. The molecule has 0 fully saturated rings. The van der Waals surface area contributed by atoms with Crippen molar-refractivity contribution < 1.29 is 9.18 Å². The van der Waals surface area contributed by atoms with Crippen LogP contribution in [0.4, 0.5) is 4.39 Å². The highest BCUT2D eigenvalue weighted by Crippen LogP contribution is 2.18. The van der Waals surface area contributed by atoms with Crippen LogP contribution in [0.2, 0.25) is 0 Å². The summed E-state index contributed by atoms with van der Waals surface area (Å²) in [6.07, 6.45) is 0. The van der Waals surface area contributed by atoms with E-state index in [1.54, 1.807) is 18.2 Å². The van der Waals surface area contributed by atoms with Crippen molar-refractivity contribution in [3.05, 3.63) is 69.9 Å². The largest absolute Gasteiger partial charge is 0.345 e.